The maximum absolute atomic E-state index is 11.1. The summed E-state index contributed by atoms with van der Waals surface area (Å²) < 4.78 is 5.12. The number of ether oxygens (including phenoxy) is 1. The van der Waals surface area contributed by atoms with Gasteiger partial charge in [0, 0.05) is 5.56 Å². The van der Waals surface area contributed by atoms with Gasteiger partial charge in [-0.05, 0) is 30.5 Å². The van der Waals surface area contributed by atoms with Gasteiger partial charge in [-0.15, -0.1) is 0 Å². The fraction of sp³-hybridized carbons (Fsp3) is 0.462. The Labute approximate surface area is 101 Å². The van der Waals surface area contributed by atoms with Crippen molar-refractivity contribution in [1.29, 1.82) is 0 Å². The van der Waals surface area contributed by atoms with Crippen LogP contribution in [0.15, 0.2) is 12.1 Å². The summed E-state index contributed by atoms with van der Waals surface area (Å²) in [7, 11) is 1.41. The Morgan fingerprint density at radius 3 is 2.35 bits per heavy atom. The van der Waals surface area contributed by atoms with Crippen LogP contribution in [0.2, 0.25) is 0 Å². The number of methoxy groups -OCH3 is 1. The Hall–Kier alpha value is -1.55. The van der Waals surface area contributed by atoms with Gasteiger partial charge in [-0.2, -0.15) is 0 Å². The molecular formula is C13H18O4. The van der Waals surface area contributed by atoms with Crippen LogP contribution in [0.3, 0.4) is 0 Å². The molecule has 0 spiro atoms. The third-order valence-electron chi connectivity index (χ3n) is 2.65. The lowest BCUT2D eigenvalue weighted by Crippen LogP contribution is -2.11. The van der Waals surface area contributed by atoms with E-state index in [0.717, 1.165) is 5.56 Å². The van der Waals surface area contributed by atoms with Gasteiger partial charge in [-0.25, -0.2) is 4.79 Å². The quantitative estimate of drug-likeness (QED) is 0.845. The molecule has 4 heteroatoms. The molecule has 4 nitrogen and oxygen atoms in total. The second-order valence-corrected chi connectivity index (χ2v) is 4.43. The number of carboxylic acid groups (broad SMARTS) is 1. The third-order valence-corrected chi connectivity index (χ3v) is 2.65. The van der Waals surface area contributed by atoms with Crippen LogP contribution >= 0.6 is 0 Å². The van der Waals surface area contributed by atoms with E-state index in [2.05, 4.69) is 0 Å². The van der Waals surface area contributed by atoms with E-state index >= 15 is 0 Å². The average molecular weight is 238 g/mol. The average Bonchev–Trinajstić information content (AvgIpc) is 2.26. The first kappa shape index (κ1) is 13.5. The Balaban J connectivity index is 3.43. The number of carbonyl (C=O) groups is 1. The monoisotopic (exact) mass is 238 g/mol. The summed E-state index contributed by atoms with van der Waals surface area (Å²) in [4.78, 5) is 11.1. The molecule has 0 fully saturated rings. The van der Waals surface area contributed by atoms with Gasteiger partial charge >= 0.3 is 5.97 Å². The van der Waals surface area contributed by atoms with Crippen molar-refractivity contribution in [3.63, 3.8) is 0 Å². The molecule has 1 atom stereocenters. The minimum Gasteiger partial charge on any atom is -0.495 e. The van der Waals surface area contributed by atoms with Gasteiger partial charge in [-0.1, -0.05) is 13.8 Å². The van der Waals surface area contributed by atoms with Gasteiger partial charge in [-0.3, -0.25) is 0 Å². The van der Waals surface area contributed by atoms with Crippen molar-refractivity contribution in [3.8, 4) is 5.75 Å². The number of benzene rings is 1. The van der Waals surface area contributed by atoms with E-state index in [0.29, 0.717) is 5.56 Å². The highest BCUT2D eigenvalue weighted by atomic mass is 16.5. The first-order valence-electron chi connectivity index (χ1n) is 5.48. The second kappa shape index (κ2) is 5.19. The Bertz CT molecular complexity index is 424. The summed E-state index contributed by atoms with van der Waals surface area (Å²) in [6.45, 7) is 5.53. The lowest BCUT2D eigenvalue weighted by Gasteiger charge is -2.20. The lowest BCUT2D eigenvalue weighted by molar-refractivity contribution is 0.0691. The van der Waals surface area contributed by atoms with Crippen molar-refractivity contribution in [3.05, 3.63) is 28.8 Å². The van der Waals surface area contributed by atoms with Crippen molar-refractivity contribution in [2.24, 2.45) is 5.92 Å². The van der Waals surface area contributed by atoms with Crippen molar-refractivity contribution in [2.45, 2.75) is 26.9 Å². The molecule has 0 aliphatic rings. The number of carboxylic acids is 1. The smallest absolute Gasteiger partial charge is 0.339 e. The highest BCUT2D eigenvalue weighted by molar-refractivity contribution is 5.91. The summed E-state index contributed by atoms with van der Waals surface area (Å²) in [5.41, 5.74) is 1.40. The van der Waals surface area contributed by atoms with Gasteiger partial charge in [0.2, 0.25) is 0 Å². The zero-order chi connectivity index (χ0) is 13.2. The number of aliphatic hydroxyl groups excluding tert-OH is 1. The van der Waals surface area contributed by atoms with Gasteiger partial charge in [0.15, 0.2) is 0 Å². The van der Waals surface area contributed by atoms with Crippen LogP contribution < -0.4 is 4.74 Å². The molecule has 0 heterocycles. The molecule has 0 saturated carbocycles. The Morgan fingerprint density at radius 2 is 1.94 bits per heavy atom. The summed E-state index contributed by atoms with van der Waals surface area (Å²) in [6.07, 6.45) is -0.733. The van der Waals surface area contributed by atoms with Gasteiger partial charge in [0.1, 0.15) is 11.3 Å². The fourth-order valence-electron chi connectivity index (χ4n) is 1.77. The molecule has 17 heavy (non-hydrogen) atoms. The molecule has 0 aromatic heterocycles. The molecule has 0 saturated heterocycles. The summed E-state index contributed by atoms with van der Waals surface area (Å²) in [5.74, 6) is -0.820. The minimum atomic E-state index is -1.05. The van der Waals surface area contributed by atoms with E-state index in [4.69, 9.17) is 9.84 Å². The Morgan fingerprint density at radius 1 is 1.35 bits per heavy atom. The van der Waals surface area contributed by atoms with Crippen LogP contribution in [-0.2, 0) is 0 Å². The van der Waals surface area contributed by atoms with Crippen LogP contribution in [0.1, 0.15) is 41.4 Å². The molecular weight excluding hydrogens is 220 g/mol. The lowest BCUT2D eigenvalue weighted by atomic mass is 9.94. The number of hydrogen-bond acceptors (Lipinski definition) is 3. The molecule has 0 aliphatic carbocycles. The van der Waals surface area contributed by atoms with E-state index in [1.165, 1.54) is 13.2 Å². The van der Waals surface area contributed by atoms with Crippen LogP contribution in [0.5, 0.6) is 5.75 Å². The molecule has 2 N–H and O–H groups in total. The maximum Gasteiger partial charge on any atom is 0.339 e. The largest absolute Gasteiger partial charge is 0.495 e. The van der Waals surface area contributed by atoms with Crippen LogP contribution in [-0.4, -0.2) is 23.3 Å². The number of hydrogen-bond donors (Lipinski definition) is 2. The van der Waals surface area contributed by atoms with Crippen molar-refractivity contribution >= 4 is 5.97 Å². The third kappa shape index (κ3) is 2.77. The van der Waals surface area contributed by atoms with Crippen LogP contribution in [0.4, 0.5) is 0 Å². The van der Waals surface area contributed by atoms with Crippen molar-refractivity contribution < 1.29 is 19.7 Å². The standard InChI is InChI=1S/C13H18O4/c1-7(2)11(14)9-5-8(3)6-10(13(15)16)12(9)17-4/h5-7,11,14H,1-4H3,(H,15,16). The molecule has 0 radical (unpaired) electrons. The number of aromatic carboxylic acids is 1. The summed E-state index contributed by atoms with van der Waals surface area (Å²) in [5, 5.41) is 19.2. The predicted octanol–water partition coefficient (Wildman–Crippen LogP) is 2.39. The number of rotatable bonds is 4. The van der Waals surface area contributed by atoms with Gasteiger partial charge < -0.3 is 14.9 Å². The second-order valence-electron chi connectivity index (χ2n) is 4.43. The van der Waals surface area contributed by atoms with E-state index in [1.54, 1.807) is 13.0 Å². The van der Waals surface area contributed by atoms with Gasteiger partial charge in [0.05, 0.1) is 13.2 Å². The zero-order valence-electron chi connectivity index (χ0n) is 10.5. The zero-order valence-corrected chi connectivity index (χ0v) is 10.5. The molecule has 0 aliphatic heterocycles. The molecule has 1 unspecified atom stereocenters. The number of aryl methyl sites for hydroxylation is 1. The summed E-state index contributed by atoms with van der Waals surface area (Å²) in [6, 6.07) is 3.30. The Kier molecular flexibility index (Phi) is 4.12. The molecule has 1 aromatic rings. The van der Waals surface area contributed by atoms with Crippen LogP contribution in [0.25, 0.3) is 0 Å². The maximum atomic E-state index is 11.1. The summed E-state index contributed by atoms with van der Waals surface area (Å²) >= 11 is 0. The van der Waals surface area contributed by atoms with E-state index in [-0.39, 0.29) is 17.2 Å². The molecule has 94 valence electrons. The normalized spacial score (nSPS) is 12.6. The predicted molar refractivity (Wildman–Crippen MR) is 64.5 cm³/mol. The topological polar surface area (TPSA) is 66.8 Å². The molecule has 0 amide bonds. The highest BCUT2D eigenvalue weighted by Crippen LogP contribution is 2.34. The number of aliphatic hydroxyl groups is 1. The van der Waals surface area contributed by atoms with Crippen molar-refractivity contribution in [2.75, 3.05) is 7.11 Å². The fourth-order valence-corrected chi connectivity index (χ4v) is 1.77. The van der Waals surface area contributed by atoms with E-state index in [9.17, 15) is 9.90 Å². The minimum absolute atomic E-state index is 0.00709. The van der Waals surface area contributed by atoms with E-state index in [1.807, 2.05) is 13.8 Å². The SMILES string of the molecule is COc1c(C(=O)O)cc(C)cc1C(O)C(C)C. The molecule has 1 rings (SSSR count). The van der Waals surface area contributed by atoms with Crippen molar-refractivity contribution in [1.82, 2.24) is 0 Å². The highest BCUT2D eigenvalue weighted by Gasteiger charge is 2.22. The molecule has 1 aromatic carbocycles. The van der Waals surface area contributed by atoms with Gasteiger partial charge in [0.25, 0.3) is 0 Å². The molecule has 0 bridgehead atoms. The first-order valence-corrected chi connectivity index (χ1v) is 5.48. The van der Waals surface area contributed by atoms with E-state index < -0.39 is 12.1 Å². The first-order chi connectivity index (χ1) is 7.88. The van der Waals surface area contributed by atoms with Crippen LogP contribution in [0, 0.1) is 12.8 Å².